The molecule has 5 nitrogen and oxygen atoms in total. The maximum Gasteiger partial charge on any atom is 0.321 e. The molecule has 0 saturated carbocycles. The molecule has 24 heavy (non-hydrogen) atoms. The van der Waals surface area contributed by atoms with Gasteiger partial charge in [-0.2, -0.15) is 4.31 Å². The molecule has 2 rings (SSSR count). The van der Waals surface area contributed by atoms with Crippen LogP contribution in [-0.2, 0) is 26.2 Å². The number of carbonyl (C=O) groups is 1. The van der Waals surface area contributed by atoms with Crippen LogP contribution >= 0.6 is 11.6 Å². The zero-order valence-electron chi connectivity index (χ0n) is 12.8. The molecule has 0 aromatic heterocycles. The summed E-state index contributed by atoms with van der Waals surface area (Å²) in [5.41, 5.74) is 0.694. The van der Waals surface area contributed by atoms with Gasteiger partial charge in [-0.05, 0) is 42.0 Å². The SMILES string of the molecule is CN(CC(=O)OCc1cccc(Cl)c1)S(=O)(=O)c1ccc(F)cc1. The van der Waals surface area contributed by atoms with E-state index in [1.807, 2.05) is 0 Å². The highest BCUT2D eigenvalue weighted by atomic mass is 35.5. The molecule has 0 bridgehead atoms. The fourth-order valence-corrected chi connectivity index (χ4v) is 3.22. The zero-order valence-corrected chi connectivity index (χ0v) is 14.3. The van der Waals surface area contributed by atoms with Gasteiger partial charge in [0.05, 0.1) is 4.90 Å². The summed E-state index contributed by atoms with van der Waals surface area (Å²) in [5, 5.41) is 0.513. The van der Waals surface area contributed by atoms with Crippen molar-refractivity contribution in [3.8, 4) is 0 Å². The average Bonchev–Trinajstić information content (AvgIpc) is 2.53. The first kappa shape index (κ1) is 18.4. The second-order valence-corrected chi connectivity index (χ2v) is 7.49. The number of benzene rings is 2. The standard InChI is InChI=1S/C16H15ClFNO4S/c1-19(24(21,22)15-7-5-14(18)6-8-15)10-16(20)23-11-12-3-2-4-13(17)9-12/h2-9H,10-11H2,1H3. The molecule has 2 aromatic rings. The molecule has 0 unspecified atom stereocenters. The van der Waals surface area contributed by atoms with Crippen molar-refractivity contribution >= 4 is 27.6 Å². The summed E-state index contributed by atoms with van der Waals surface area (Å²) in [6.07, 6.45) is 0. The second kappa shape index (κ2) is 7.74. The minimum absolute atomic E-state index is 0.0101. The molecule has 0 amide bonds. The van der Waals surface area contributed by atoms with Gasteiger partial charge >= 0.3 is 5.97 Å². The van der Waals surface area contributed by atoms with E-state index < -0.39 is 28.4 Å². The van der Waals surface area contributed by atoms with E-state index in [-0.39, 0.29) is 11.5 Å². The lowest BCUT2D eigenvalue weighted by Crippen LogP contribution is -2.33. The lowest BCUT2D eigenvalue weighted by molar-refractivity contribution is -0.144. The van der Waals surface area contributed by atoms with E-state index in [4.69, 9.17) is 16.3 Å². The predicted molar refractivity (Wildman–Crippen MR) is 87.5 cm³/mol. The van der Waals surface area contributed by atoms with Crippen molar-refractivity contribution in [3.05, 3.63) is 64.9 Å². The molecule has 0 heterocycles. The van der Waals surface area contributed by atoms with Crippen LogP contribution in [0.1, 0.15) is 5.56 Å². The topological polar surface area (TPSA) is 63.7 Å². The van der Waals surface area contributed by atoms with Crippen molar-refractivity contribution in [2.24, 2.45) is 0 Å². The van der Waals surface area contributed by atoms with E-state index in [1.165, 1.54) is 7.05 Å². The van der Waals surface area contributed by atoms with Gasteiger partial charge in [0.25, 0.3) is 0 Å². The van der Waals surface area contributed by atoms with Gasteiger partial charge in [0, 0.05) is 12.1 Å². The first-order valence-electron chi connectivity index (χ1n) is 6.91. The van der Waals surface area contributed by atoms with Gasteiger partial charge in [0.2, 0.25) is 10.0 Å². The number of nitrogens with zero attached hydrogens (tertiary/aromatic N) is 1. The maximum absolute atomic E-state index is 12.9. The number of rotatable bonds is 6. The normalized spacial score (nSPS) is 11.5. The van der Waals surface area contributed by atoms with Crippen LogP contribution < -0.4 is 0 Å². The van der Waals surface area contributed by atoms with E-state index >= 15 is 0 Å². The molecule has 2 aromatic carbocycles. The summed E-state index contributed by atoms with van der Waals surface area (Å²) in [7, 11) is -2.65. The molecule has 0 radical (unpaired) electrons. The Morgan fingerprint density at radius 1 is 1.21 bits per heavy atom. The van der Waals surface area contributed by atoms with E-state index in [0.29, 0.717) is 10.6 Å². The third-order valence-corrected chi connectivity index (χ3v) is 5.22. The number of carbonyl (C=O) groups excluding carboxylic acids is 1. The van der Waals surface area contributed by atoms with Crippen molar-refractivity contribution in [1.29, 1.82) is 0 Å². The van der Waals surface area contributed by atoms with Crippen LogP contribution in [0.5, 0.6) is 0 Å². The van der Waals surface area contributed by atoms with Crippen LogP contribution in [0.15, 0.2) is 53.4 Å². The zero-order chi connectivity index (χ0) is 17.7. The Bertz CT molecular complexity index is 824. The van der Waals surface area contributed by atoms with Gasteiger partial charge in [0.1, 0.15) is 19.0 Å². The van der Waals surface area contributed by atoms with Crippen LogP contribution in [0, 0.1) is 5.82 Å². The first-order chi connectivity index (χ1) is 11.3. The van der Waals surface area contributed by atoms with Crippen molar-refractivity contribution in [3.63, 3.8) is 0 Å². The molecule has 0 fully saturated rings. The number of ether oxygens (including phenoxy) is 1. The Balaban J connectivity index is 1.96. The fourth-order valence-electron chi connectivity index (χ4n) is 1.89. The van der Waals surface area contributed by atoms with Gasteiger partial charge < -0.3 is 4.74 Å². The van der Waals surface area contributed by atoms with Gasteiger partial charge in [-0.25, -0.2) is 12.8 Å². The highest BCUT2D eigenvalue weighted by Gasteiger charge is 2.23. The molecule has 0 saturated heterocycles. The minimum Gasteiger partial charge on any atom is -0.460 e. The minimum atomic E-state index is -3.90. The number of likely N-dealkylation sites (N-methyl/N-ethyl adjacent to an activating group) is 1. The van der Waals surface area contributed by atoms with Gasteiger partial charge in [-0.15, -0.1) is 0 Å². The number of halogens is 2. The summed E-state index contributed by atoms with van der Waals surface area (Å²) in [4.78, 5) is 11.7. The summed E-state index contributed by atoms with van der Waals surface area (Å²) in [6.45, 7) is -0.468. The van der Waals surface area contributed by atoms with Crippen LogP contribution in [0.3, 0.4) is 0 Å². The average molecular weight is 372 g/mol. The fraction of sp³-hybridized carbons (Fsp3) is 0.188. The molecule has 0 aliphatic carbocycles. The monoisotopic (exact) mass is 371 g/mol. The summed E-state index contributed by atoms with van der Waals surface area (Å²) in [5.74, 6) is -1.25. The van der Waals surface area contributed by atoms with Crippen molar-refractivity contribution < 1.29 is 22.3 Å². The number of esters is 1. The van der Waals surface area contributed by atoms with Gasteiger partial charge in [0.15, 0.2) is 0 Å². The summed E-state index contributed by atoms with van der Waals surface area (Å²) < 4.78 is 43.3. The quantitative estimate of drug-likeness (QED) is 0.732. The Morgan fingerprint density at radius 2 is 1.88 bits per heavy atom. The number of hydrogen-bond acceptors (Lipinski definition) is 4. The molecular weight excluding hydrogens is 357 g/mol. The van der Waals surface area contributed by atoms with Crippen LogP contribution in [-0.4, -0.2) is 32.3 Å². The predicted octanol–water partition coefficient (Wildman–Crippen LogP) is 2.84. The van der Waals surface area contributed by atoms with Crippen molar-refractivity contribution in [2.75, 3.05) is 13.6 Å². The molecule has 0 aliphatic heterocycles. The summed E-state index contributed by atoms with van der Waals surface area (Å²) in [6, 6.07) is 11.1. The molecule has 8 heteroatoms. The van der Waals surface area contributed by atoms with Crippen molar-refractivity contribution in [1.82, 2.24) is 4.31 Å². The van der Waals surface area contributed by atoms with Crippen molar-refractivity contribution in [2.45, 2.75) is 11.5 Å². The van der Waals surface area contributed by atoms with E-state index in [2.05, 4.69) is 0 Å². The molecule has 0 spiro atoms. The molecule has 0 atom stereocenters. The second-order valence-electron chi connectivity index (χ2n) is 5.01. The molecule has 0 aliphatic rings. The third kappa shape index (κ3) is 4.77. The smallest absolute Gasteiger partial charge is 0.321 e. The molecule has 0 N–H and O–H groups in total. The molecule has 128 valence electrons. The van der Waals surface area contributed by atoms with Crippen LogP contribution in [0.2, 0.25) is 5.02 Å². The molecular formula is C16H15ClFNO4S. The van der Waals surface area contributed by atoms with Crippen LogP contribution in [0.25, 0.3) is 0 Å². The summed E-state index contributed by atoms with van der Waals surface area (Å²) >= 11 is 5.83. The van der Waals surface area contributed by atoms with E-state index in [1.54, 1.807) is 24.3 Å². The Morgan fingerprint density at radius 3 is 2.50 bits per heavy atom. The maximum atomic E-state index is 12.9. The third-order valence-electron chi connectivity index (χ3n) is 3.16. The van der Waals surface area contributed by atoms with Gasteiger partial charge in [-0.3, -0.25) is 4.79 Å². The Labute approximate surface area is 144 Å². The number of hydrogen-bond donors (Lipinski definition) is 0. The Hall–Kier alpha value is -1.96. The Kier molecular flexibility index (Phi) is 5.93. The van der Waals surface area contributed by atoms with Gasteiger partial charge in [-0.1, -0.05) is 23.7 Å². The first-order valence-corrected chi connectivity index (χ1v) is 8.73. The van der Waals surface area contributed by atoms with E-state index in [9.17, 15) is 17.6 Å². The van der Waals surface area contributed by atoms with Crippen LogP contribution in [0.4, 0.5) is 4.39 Å². The highest BCUT2D eigenvalue weighted by Crippen LogP contribution is 2.15. The highest BCUT2D eigenvalue weighted by molar-refractivity contribution is 7.89. The largest absolute Gasteiger partial charge is 0.460 e. The lowest BCUT2D eigenvalue weighted by atomic mass is 10.2. The van der Waals surface area contributed by atoms with E-state index in [0.717, 1.165) is 28.6 Å². The lowest BCUT2D eigenvalue weighted by Gasteiger charge is -2.16. The number of sulfonamides is 1.